The maximum atomic E-state index is 12.4. The number of aromatic nitrogens is 1. The fourth-order valence-electron chi connectivity index (χ4n) is 2.12. The normalized spacial score (nSPS) is 17.8. The van der Waals surface area contributed by atoms with Crippen molar-refractivity contribution >= 4 is 29.3 Å². The molecule has 1 N–H and O–H groups in total. The summed E-state index contributed by atoms with van der Waals surface area (Å²) in [6.07, 6.45) is 2.81. The SMILES string of the molecule is CCCNC(=O)C[C@@H]1Sc2ncccc2N(CC)C1=O. The number of thioether (sulfide) groups is 1. The van der Waals surface area contributed by atoms with Crippen LogP contribution in [0.5, 0.6) is 0 Å². The van der Waals surface area contributed by atoms with Crippen LogP contribution in [0.3, 0.4) is 0 Å². The molecule has 6 heteroatoms. The molecule has 1 atom stereocenters. The number of amides is 2. The Hall–Kier alpha value is -1.56. The molecule has 20 heavy (non-hydrogen) atoms. The predicted molar refractivity (Wildman–Crippen MR) is 79.8 cm³/mol. The van der Waals surface area contributed by atoms with Crippen LogP contribution in [0.2, 0.25) is 0 Å². The third-order valence-electron chi connectivity index (χ3n) is 3.10. The highest BCUT2D eigenvalue weighted by Gasteiger charge is 2.34. The van der Waals surface area contributed by atoms with Crippen molar-refractivity contribution in [2.24, 2.45) is 0 Å². The van der Waals surface area contributed by atoms with Gasteiger partial charge in [-0.05, 0) is 25.5 Å². The molecule has 0 aromatic carbocycles. The maximum Gasteiger partial charge on any atom is 0.241 e. The highest BCUT2D eigenvalue weighted by molar-refractivity contribution is 8.00. The van der Waals surface area contributed by atoms with Gasteiger partial charge in [-0.2, -0.15) is 0 Å². The van der Waals surface area contributed by atoms with Gasteiger partial charge >= 0.3 is 0 Å². The number of nitrogens with zero attached hydrogens (tertiary/aromatic N) is 2. The number of anilines is 1. The second kappa shape index (κ2) is 6.74. The Labute approximate surface area is 123 Å². The standard InChI is InChI=1S/C14H19N3O2S/c1-3-7-15-12(18)9-11-14(19)17(4-2)10-6-5-8-16-13(10)20-11/h5-6,8,11H,3-4,7,9H2,1-2H3,(H,15,18)/t11-/m0/s1. The molecule has 2 rings (SSSR count). The highest BCUT2D eigenvalue weighted by Crippen LogP contribution is 2.38. The van der Waals surface area contributed by atoms with E-state index >= 15 is 0 Å². The molecule has 108 valence electrons. The predicted octanol–water partition coefficient (Wildman–Crippen LogP) is 1.83. The van der Waals surface area contributed by atoms with E-state index in [9.17, 15) is 9.59 Å². The molecular weight excluding hydrogens is 274 g/mol. The third kappa shape index (κ3) is 3.12. The maximum absolute atomic E-state index is 12.4. The lowest BCUT2D eigenvalue weighted by atomic mass is 10.2. The Kier molecular flexibility index (Phi) is 5.00. The van der Waals surface area contributed by atoms with Crippen LogP contribution >= 0.6 is 11.8 Å². The van der Waals surface area contributed by atoms with Crippen molar-refractivity contribution in [1.82, 2.24) is 10.3 Å². The van der Waals surface area contributed by atoms with E-state index in [1.165, 1.54) is 11.8 Å². The number of fused-ring (bicyclic) bond motifs is 1. The van der Waals surface area contributed by atoms with E-state index in [0.29, 0.717) is 13.1 Å². The van der Waals surface area contributed by atoms with Crippen LogP contribution in [-0.2, 0) is 9.59 Å². The summed E-state index contributed by atoms with van der Waals surface area (Å²) >= 11 is 1.38. The second-order valence-corrected chi connectivity index (χ2v) is 5.76. The van der Waals surface area contributed by atoms with E-state index in [2.05, 4.69) is 10.3 Å². The molecule has 1 aliphatic rings. The summed E-state index contributed by atoms with van der Waals surface area (Å²) in [4.78, 5) is 30.2. The molecule has 1 aromatic rings. The largest absolute Gasteiger partial charge is 0.356 e. The van der Waals surface area contributed by atoms with Crippen molar-refractivity contribution in [2.75, 3.05) is 18.0 Å². The Balaban J connectivity index is 2.13. The number of hydrogen-bond donors (Lipinski definition) is 1. The van der Waals surface area contributed by atoms with E-state index in [4.69, 9.17) is 0 Å². The molecule has 1 aromatic heterocycles. The molecule has 0 fully saturated rings. The third-order valence-corrected chi connectivity index (χ3v) is 4.29. The van der Waals surface area contributed by atoms with E-state index in [0.717, 1.165) is 17.1 Å². The zero-order valence-corrected chi connectivity index (χ0v) is 12.6. The molecule has 0 saturated heterocycles. The van der Waals surface area contributed by atoms with Crippen LogP contribution in [0, 0.1) is 0 Å². The lowest BCUT2D eigenvalue weighted by Crippen LogP contribution is -2.43. The average molecular weight is 293 g/mol. The van der Waals surface area contributed by atoms with Crippen molar-refractivity contribution < 1.29 is 9.59 Å². The second-order valence-electron chi connectivity index (χ2n) is 4.57. The molecule has 0 saturated carbocycles. The van der Waals surface area contributed by atoms with E-state index in [-0.39, 0.29) is 23.5 Å². The topological polar surface area (TPSA) is 62.3 Å². The van der Waals surface area contributed by atoms with Crippen molar-refractivity contribution in [3.63, 3.8) is 0 Å². The number of hydrogen-bond acceptors (Lipinski definition) is 4. The Morgan fingerprint density at radius 1 is 1.50 bits per heavy atom. The van der Waals surface area contributed by atoms with E-state index < -0.39 is 0 Å². The van der Waals surface area contributed by atoms with Gasteiger partial charge in [0.2, 0.25) is 11.8 Å². The summed E-state index contributed by atoms with van der Waals surface area (Å²) in [5, 5.41) is 3.25. The summed E-state index contributed by atoms with van der Waals surface area (Å²) in [6.45, 7) is 5.17. The summed E-state index contributed by atoms with van der Waals surface area (Å²) in [5.74, 6) is -0.0854. The van der Waals surface area contributed by atoms with Gasteiger partial charge in [0, 0.05) is 25.7 Å². The quantitative estimate of drug-likeness (QED) is 0.899. The fourth-order valence-corrected chi connectivity index (χ4v) is 3.27. The minimum absolute atomic E-state index is 0.00958. The minimum atomic E-state index is -0.380. The van der Waals surface area contributed by atoms with Gasteiger partial charge in [0.1, 0.15) is 5.03 Å². The number of rotatable bonds is 5. The number of carbonyl (C=O) groups excluding carboxylic acids is 2. The number of pyridine rings is 1. The van der Waals surface area contributed by atoms with Gasteiger partial charge in [-0.15, -0.1) is 0 Å². The first-order valence-electron chi connectivity index (χ1n) is 6.87. The summed E-state index contributed by atoms with van der Waals surface area (Å²) in [7, 11) is 0. The van der Waals surface area contributed by atoms with Crippen LogP contribution in [-0.4, -0.2) is 35.1 Å². The smallest absolute Gasteiger partial charge is 0.241 e. The zero-order chi connectivity index (χ0) is 14.5. The monoisotopic (exact) mass is 293 g/mol. The first-order chi connectivity index (χ1) is 9.67. The molecule has 1 aliphatic heterocycles. The molecule has 0 bridgehead atoms. The molecule has 0 aliphatic carbocycles. The van der Waals surface area contributed by atoms with Crippen molar-refractivity contribution in [3.05, 3.63) is 18.3 Å². The first kappa shape index (κ1) is 14.8. The average Bonchev–Trinajstić information content (AvgIpc) is 2.46. The van der Waals surface area contributed by atoms with Gasteiger partial charge in [0.05, 0.1) is 10.9 Å². The van der Waals surface area contributed by atoms with Gasteiger partial charge in [-0.25, -0.2) is 4.98 Å². The molecular formula is C14H19N3O2S. The van der Waals surface area contributed by atoms with Crippen molar-refractivity contribution in [2.45, 2.75) is 37.0 Å². The van der Waals surface area contributed by atoms with Crippen LogP contribution < -0.4 is 10.2 Å². The Morgan fingerprint density at radius 3 is 3.00 bits per heavy atom. The van der Waals surface area contributed by atoms with E-state index in [1.54, 1.807) is 11.1 Å². The molecule has 0 spiro atoms. The summed E-state index contributed by atoms with van der Waals surface area (Å²) < 4.78 is 0. The van der Waals surface area contributed by atoms with Gasteiger partial charge in [-0.3, -0.25) is 9.59 Å². The molecule has 0 radical (unpaired) electrons. The number of nitrogens with one attached hydrogen (secondary N) is 1. The van der Waals surface area contributed by atoms with Crippen LogP contribution in [0.4, 0.5) is 5.69 Å². The molecule has 0 unspecified atom stereocenters. The lowest BCUT2D eigenvalue weighted by Gasteiger charge is -2.31. The minimum Gasteiger partial charge on any atom is -0.356 e. The number of carbonyl (C=O) groups is 2. The van der Waals surface area contributed by atoms with Gasteiger partial charge in [0.25, 0.3) is 0 Å². The fraction of sp³-hybridized carbons (Fsp3) is 0.500. The van der Waals surface area contributed by atoms with Crippen molar-refractivity contribution in [1.29, 1.82) is 0 Å². The summed E-state index contributed by atoms with van der Waals surface area (Å²) in [5.41, 5.74) is 0.843. The molecule has 2 amide bonds. The van der Waals surface area contributed by atoms with Crippen LogP contribution in [0.15, 0.2) is 23.4 Å². The van der Waals surface area contributed by atoms with Gasteiger partial charge in [0.15, 0.2) is 0 Å². The van der Waals surface area contributed by atoms with Crippen LogP contribution in [0.1, 0.15) is 26.7 Å². The van der Waals surface area contributed by atoms with Gasteiger partial charge in [-0.1, -0.05) is 18.7 Å². The first-order valence-corrected chi connectivity index (χ1v) is 7.75. The highest BCUT2D eigenvalue weighted by atomic mass is 32.2. The lowest BCUT2D eigenvalue weighted by molar-refractivity contribution is -0.124. The molecule has 5 nitrogen and oxygen atoms in total. The van der Waals surface area contributed by atoms with Gasteiger partial charge < -0.3 is 10.2 Å². The molecule has 2 heterocycles. The zero-order valence-electron chi connectivity index (χ0n) is 11.8. The van der Waals surface area contributed by atoms with E-state index in [1.807, 2.05) is 26.0 Å². The van der Waals surface area contributed by atoms with Crippen molar-refractivity contribution in [3.8, 4) is 0 Å². The van der Waals surface area contributed by atoms with Crippen LogP contribution in [0.25, 0.3) is 0 Å². The Bertz CT molecular complexity index is 507. The summed E-state index contributed by atoms with van der Waals surface area (Å²) in [6, 6.07) is 3.72. The Morgan fingerprint density at radius 2 is 2.30 bits per heavy atom.